The largest absolute Gasteiger partial charge is 0.466 e. The summed E-state index contributed by atoms with van der Waals surface area (Å²) in [5, 5.41) is 13.4. The molecule has 7 nitrogen and oxygen atoms in total. The summed E-state index contributed by atoms with van der Waals surface area (Å²) in [6.45, 7) is 11.9. The molecule has 3 fully saturated rings. The fourth-order valence-corrected chi connectivity index (χ4v) is 8.95. The number of aryl methyl sites for hydroxylation is 2. The van der Waals surface area contributed by atoms with E-state index >= 15 is 0 Å². The number of hydrogen-bond donors (Lipinski definition) is 2. The summed E-state index contributed by atoms with van der Waals surface area (Å²) in [7, 11) is 0. The van der Waals surface area contributed by atoms with Crippen LogP contribution in [0.15, 0.2) is 18.2 Å². The topological polar surface area (TPSA) is 95.9 Å². The zero-order valence-electron chi connectivity index (χ0n) is 21.5. The van der Waals surface area contributed by atoms with Crippen molar-refractivity contribution >= 4 is 35.2 Å². The molecular formula is C27H38N2O5S. The quantitative estimate of drug-likeness (QED) is 0.528. The molecule has 1 aromatic rings. The monoisotopic (exact) mass is 502 g/mol. The summed E-state index contributed by atoms with van der Waals surface area (Å²) in [5.41, 5.74) is 2.69. The highest BCUT2D eigenvalue weighted by molar-refractivity contribution is 8.02. The van der Waals surface area contributed by atoms with Gasteiger partial charge in [-0.3, -0.25) is 14.4 Å². The Labute approximate surface area is 212 Å². The lowest BCUT2D eigenvalue weighted by atomic mass is 9.66. The van der Waals surface area contributed by atoms with Gasteiger partial charge in [-0.15, -0.1) is 11.8 Å². The SMILES string of the molecule is CCOC(=O)[C@@H]1[C@@H]2CC(C)C3(S2)C(C(=O)Nc2cc(C)ccc2C)N([C@@H](CO)CC(C)C)C(=O)[C@H]13. The van der Waals surface area contributed by atoms with Gasteiger partial charge in [-0.1, -0.05) is 32.9 Å². The first-order valence-corrected chi connectivity index (χ1v) is 13.6. The number of amides is 2. The van der Waals surface area contributed by atoms with Crippen LogP contribution in [0.25, 0.3) is 0 Å². The number of benzene rings is 1. The van der Waals surface area contributed by atoms with Crippen molar-refractivity contribution in [2.24, 2.45) is 23.7 Å². The van der Waals surface area contributed by atoms with Crippen LogP contribution in [0.1, 0.15) is 51.7 Å². The minimum atomic E-state index is -0.778. The van der Waals surface area contributed by atoms with Crippen molar-refractivity contribution in [2.45, 2.75) is 76.5 Å². The smallest absolute Gasteiger partial charge is 0.310 e. The second-order valence-electron chi connectivity index (χ2n) is 10.8. The van der Waals surface area contributed by atoms with E-state index in [0.29, 0.717) is 6.42 Å². The van der Waals surface area contributed by atoms with Crippen molar-refractivity contribution in [2.75, 3.05) is 18.5 Å². The van der Waals surface area contributed by atoms with Crippen LogP contribution in [0.3, 0.4) is 0 Å². The fraction of sp³-hybridized carbons (Fsp3) is 0.667. The van der Waals surface area contributed by atoms with E-state index in [2.05, 4.69) is 12.2 Å². The van der Waals surface area contributed by atoms with Crippen molar-refractivity contribution in [3.63, 3.8) is 0 Å². The second-order valence-corrected chi connectivity index (χ2v) is 12.4. The maximum absolute atomic E-state index is 14.1. The first-order valence-electron chi connectivity index (χ1n) is 12.7. The Balaban J connectivity index is 1.80. The van der Waals surface area contributed by atoms with Gasteiger partial charge >= 0.3 is 5.97 Å². The van der Waals surface area contributed by atoms with Crippen LogP contribution in [-0.2, 0) is 19.1 Å². The Hall–Kier alpha value is -2.06. The van der Waals surface area contributed by atoms with E-state index in [0.717, 1.165) is 23.2 Å². The number of nitrogens with zero attached hydrogens (tertiary/aromatic N) is 1. The third-order valence-corrected chi connectivity index (χ3v) is 10.1. The number of anilines is 1. The lowest BCUT2D eigenvalue weighted by Gasteiger charge is -2.40. The van der Waals surface area contributed by atoms with Crippen LogP contribution in [-0.4, -0.2) is 63.1 Å². The molecule has 0 radical (unpaired) electrons. The number of esters is 1. The van der Waals surface area contributed by atoms with Crippen LogP contribution < -0.4 is 5.32 Å². The van der Waals surface area contributed by atoms with Crippen molar-refractivity contribution in [1.82, 2.24) is 4.90 Å². The zero-order valence-corrected chi connectivity index (χ0v) is 22.4. The van der Waals surface area contributed by atoms with E-state index in [1.165, 1.54) is 0 Å². The molecule has 1 spiro atoms. The molecule has 2 N–H and O–H groups in total. The Bertz CT molecular complexity index is 1010. The summed E-state index contributed by atoms with van der Waals surface area (Å²) in [4.78, 5) is 42.9. The molecule has 0 aliphatic carbocycles. The average Bonchev–Trinajstić information content (AvgIpc) is 3.38. The number of ether oxygens (including phenoxy) is 1. The molecule has 35 heavy (non-hydrogen) atoms. The predicted molar refractivity (Wildman–Crippen MR) is 137 cm³/mol. The van der Waals surface area contributed by atoms with E-state index in [1.54, 1.807) is 23.6 Å². The highest BCUT2D eigenvalue weighted by Gasteiger charge is 2.76. The van der Waals surface area contributed by atoms with Crippen molar-refractivity contribution in [3.8, 4) is 0 Å². The highest BCUT2D eigenvalue weighted by atomic mass is 32.2. The Kier molecular flexibility index (Phi) is 7.26. The Morgan fingerprint density at radius 2 is 2.03 bits per heavy atom. The lowest BCUT2D eigenvalue weighted by Crippen LogP contribution is -2.57. The van der Waals surface area contributed by atoms with Gasteiger partial charge in [-0.2, -0.15) is 0 Å². The number of carbonyl (C=O) groups is 3. The molecule has 3 aliphatic heterocycles. The first kappa shape index (κ1) is 26.0. The summed E-state index contributed by atoms with van der Waals surface area (Å²) in [6, 6.07) is 4.63. The number of rotatable bonds is 8. The molecule has 2 amide bonds. The number of nitrogens with one attached hydrogen (secondary N) is 1. The Morgan fingerprint density at radius 1 is 1.31 bits per heavy atom. The molecule has 7 atom stereocenters. The average molecular weight is 503 g/mol. The Morgan fingerprint density at radius 3 is 2.66 bits per heavy atom. The number of carbonyl (C=O) groups excluding carboxylic acids is 3. The van der Waals surface area contributed by atoms with Gasteiger partial charge in [-0.25, -0.2) is 0 Å². The van der Waals surface area contributed by atoms with Gasteiger partial charge in [0.05, 0.1) is 35.8 Å². The first-order chi connectivity index (χ1) is 16.6. The number of thioether (sulfide) groups is 1. The van der Waals surface area contributed by atoms with Crippen molar-refractivity contribution in [1.29, 1.82) is 0 Å². The van der Waals surface area contributed by atoms with Crippen molar-refractivity contribution < 1.29 is 24.2 Å². The number of fused-ring (bicyclic) bond motifs is 1. The van der Waals surface area contributed by atoms with Crippen LogP contribution in [0, 0.1) is 37.5 Å². The van der Waals surface area contributed by atoms with Gasteiger partial charge in [0.25, 0.3) is 0 Å². The maximum Gasteiger partial charge on any atom is 0.310 e. The second kappa shape index (κ2) is 9.77. The van der Waals surface area contributed by atoms with Crippen molar-refractivity contribution in [3.05, 3.63) is 29.3 Å². The van der Waals surface area contributed by atoms with Gasteiger partial charge in [0.1, 0.15) is 6.04 Å². The number of likely N-dealkylation sites (tertiary alicyclic amines) is 1. The van der Waals surface area contributed by atoms with Crippen LogP contribution in [0.5, 0.6) is 0 Å². The molecular weight excluding hydrogens is 464 g/mol. The summed E-state index contributed by atoms with van der Waals surface area (Å²) in [5.74, 6) is -1.71. The third-order valence-electron chi connectivity index (χ3n) is 7.99. The number of hydrogen-bond acceptors (Lipinski definition) is 6. The molecule has 4 rings (SSSR count). The van der Waals surface area contributed by atoms with Gasteiger partial charge in [0.15, 0.2) is 0 Å². The summed E-state index contributed by atoms with van der Waals surface area (Å²) in [6.07, 6.45) is 1.33. The minimum Gasteiger partial charge on any atom is -0.466 e. The van der Waals surface area contributed by atoms with E-state index in [1.807, 2.05) is 45.9 Å². The molecule has 2 bridgehead atoms. The van der Waals surface area contributed by atoms with Crippen LogP contribution in [0.4, 0.5) is 5.69 Å². The molecule has 8 heteroatoms. The number of aliphatic hydroxyl groups is 1. The minimum absolute atomic E-state index is 0.0474. The van der Waals surface area contributed by atoms with E-state index in [-0.39, 0.29) is 48.1 Å². The molecule has 0 saturated carbocycles. The predicted octanol–water partition coefficient (Wildman–Crippen LogP) is 3.55. The van der Waals surface area contributed by atoms with Gasteiger partial charge in [0, 0.05) is 10.9 Å². The molecule has 3 unspecified atom stereocenters. The van der Waals surface area contributed by atoms with E-state index in [4.69, 9.17) is 4.74 Å². The lowest BCUT2D eigenvalue weighted by molar-refractivity contribution is -0.154. The summed E-state index contributed by atoms with van der Waals surface area (Å²) >= 11 is 1.62. The number of aliphatic hydroxyl groups excluding tert-OH is 1. The van der Waals surface area contributed by atoms with Gasteiger partial charge < -0.3 is 20.1 Å². The third kappa shape index (κ3) is 4.16. The molecule has 1 aromatic carbocycles. The fourth-order valence-electron chi connectivity index (χ4n) is 6.55. The summed E-state index contributed by atoms with van der Waals surface area (Å²) < 4.78 is 4.67. The van der Waals surface area contributed by atoms with E-state index < -0.39 is 28.7 Å². The van der Waals surface area contributed by atoms with Gasteiger partial charge in [-0.05, 0) is 62.6 Å². The van der Waals surface area contributed by atoms with Crippen LogP contribution in [0.2, 0.25) is 0 Å². The molecule has 3 aliphatic rings. The normalized spacial score (nSPS) is 32.2. The molecule has 3 saturated heterocycles. The van der Waals surface area contributed by atoms with Crippen LogP contribution >= 0.6 is 11.8 Å². The molecule has 192 valence electrons. The highest BCUT2D eigenvalue weighted by Crippen LogP contribution is 2.69. The molecule has 0 aromatic heterocycles. The maximum atomic E-state index is 14.1. The van der Waals surface area contributed by atoms with E-state index in [9.17, 15) is 19.5 Å². The van der Waals surface area contributed by atoms with Gasteiger partial charge in [0.2, 0.25) is 11.8 Å². The zero-order chi connectivity index (χ0) is 25.7. The molecule has 3 heterocycles. The standard InChI is InChI=1S/C27H38N2O5S/c1-7-34-26(33)21-20-12-17(6)27(35-20)22(21)25(32)29(18(13-30)10-14(2)3)23(27)24(31)28-19-11-15(4)8-9-16(19)5/h8-9,11,14,17-18,20-23,30H,7,10,12-13H2,1-6H3,(H,28,31)/t17?,18-,20+,21-,22+,23?,27?/m1/s1.